The smallest absolute Gasteiger partial charge is 0.374 e. The highest BCUT2D eigenvalue weighted by atomic mass is 19.1. The van der Waals surface area contributed by atoms with E-state index >= 15 is 0 Å². The van der Waals surface area contributed by atoms with Crippen LogP contribution in [0.3, 0.4) is 0 Å². The molecule has 0 fully saturated rings. The Morgan fingerprint density at radius 1 is 1.37 bits per heavy atom. The quantitative estimate of drug-likeness (QED) is 0.742. The maximum atomic E-state index is 14.0. The van der Waals surface area contributed by atoms with E-state index in [1.807, 2.05) is 13.0 Å². The second-order valence-electron chi connectivity index (χ2n) is 4.25. The van der Waals surface area contributed by atoms with Gasteiger partial charge in [-0.3, -0.25) is 0 Å². The summed E-state index contributed by atoms with van der Waals surface area (Å²) in [6.07, 6.45) is 0. The van der Waals surface area contributed by atoms with Crippen LogP contribution in [0.2, 0.25) is 0 Å². The molecule has 2 N–H and O–H groups in total. The van der Waals surface area contributed by atoms with Gasteiger partial charge < -0.3 is 14.6 Å². The fourth-order valence-electron chi connectivity index (χ4n) is 2.00. The fraction of sp³-hybridized carbons (Fsp3) is 0.0769. The normalized spacial score (nSPS) is 11.1. The topological polar surface area (TPSA) is 79.1 Å². The van der Waals surface area contributed by atoms with E-state index in [-0.39, 0.29) is 17.0 Å². The van der Waals surface area contributed by atoms with Gasteiger partial charge in [0, 0.05) is 28.2 Å². The molecule has 0 bridgehead atoms. The van der Waals surface area contributed by atoms with Crippen LogP contribution in [0.25, 0.3) is 22.2 Å². The van der Waals surface area contributed by atoms with Gasteiger partial charge >= 0.3 is 5.97 Å². The molecule has 3 rings (SSSR count). The fourth-order valence-corrected chi connectivity index (χ4v) is 2.00. The maximum Gasteiger partial charge on any atom is 0.374 e. The number of fused-ring (bicyclic) bond motifs is 1. The van der Waals surface area contributed by atoms with Gasteiger partial charge in [0.05, 0.1) is 0 Å². The number of nitrogens with zero attached hydrogens (tertiary/aromatic N) is 1. The third-order valence-corrected chi connectivity index (χ3v) is 2.84. The Balaban J connectivity index is 2.17. The van der Waals surface area contributed by atoms with Crippen molar-refractivity contribution in [1.29, 1.82) is 0 Å². The molecule has 0 unspecified atom stereocenters. The van der Waals surface area contributed by atoms with E-state index in [0.717, 1.165) is 16.6 Å². The zero-order valence-electron chi connectivity index (χ0n) is 9.90. The van der Waals surface area contributed by atoms with Crippen molar-refractivity contribution in [3.05, 3.63) is 41.5 Å². The molecule has 0 spiro atoms. The first-order chi connectivity index (χ1) is 9.04. The summed E-state index contributed by atoms with van der Waals surface area (Å²) < 4.78 is 18.6. The summed E-state index contributed by atoms with van der Waals surface area (Å²) >= 11 is 0. The number of nitrogens with one attached hydrogen (secondary N) is 1. The number of aryl methyl sites for hydroxylation is 1. The lowest BCUT2D eigenvalue weighted by Crippen LogP contribution is -1.91. The molecule has 19 heavy (non-hydrogen) atoms. The van der Waals surface area contributed by atoms with Crippen LogP contribution in [-0.2, 0) is 0 Å². The van der Waals surface area contributed by atoms with Crippen LogP contribution in [0.1, 0.15) is 16.2 Å². The second kappa shape index (κ2) is 3.94. The van der Waals surface area contributed by atoms with E-state index in [4.69, 9.17) is 5.11 Å². The molecule has 5 nitrogen and oxygen atoms in total. The van der Waals surface area contributed by atoms with Gasteiger partial charge in [-0.2, -0.15) is 0 Å². The minimum Gasteiger partial charge on any atom is -0.475 e. The molecule has 0 aliphatic carbocycles. The Bertz CT molecular complexity index is 788. The van der Waals surface area contributed by atoms with Crippen molar-refractivity contribution in [3.63, 3.8) is 0 Å². The van der Waals surface area contributed by atoms with Crippen LogP contribution in [0.5, 0.6) is 0 Å². The van der Waals surface area contributed by atoms with Gasteiger partial charge in [0.2, 0.25) is 5.76 Å². The number of halogens is 1. The standard InChI is InChI=1S/C13H9FN2O3/c1-6-2-7-3-9(14)8(4-10(7)15-6)11-5-12(13(17)18)19-16-11/h2-5,15H,1H3,(H,17,18). The van der Waals surface area contributed by atoms with Crippen molar-refractivity contribution in [1.82, 2.24) is 10.1 Å². The summed E-state index contributed by atoms with van der Waals surface area (Å²) in [7, 11) is 0. The average molecular weight is 260 g/mol. The summed E-state index contributed by atoms with van der Waals surface area (Å²) in [5.41, 5.74) is 2.03. The van der Waals surface area contributed by atoms with Crippen molar-refractivity contribution in [2.75, 3.05) is 0 Å². The third-order valence-electron chi connectivity index (χ3n) is 2.84. The van der Waals surface area contributed by atoms with Gasteiger partial charge in [-0.15, -0.1) is 0 Å². The number of carboxylic acid groups (broad SMARTS) is 1. The number of aromatic nitrogens is 2. The highest BCUT2D eigenvalue weighted by Crippen LogP contribution is 2.27. The van der Waals surface area contributed by atoms with Crippen molar-refractivity contribution in [2.45, 2.75) is 6.92 Å². The monoisotopic (exact) mass is 260 g/mol. The largest absolute Gasteiger partial charge is 0.475 e. The molecular weight excluding hydrogens is 251 g/mol. The molecule has 0 aliphatic heterocycles. The van der Waals surface area contributed by atoms with Gasteiger partial charge in [-0.1, -0.05) is 5.16 Å². The Morgan fingerprint density at radius 2 is 2.16 bits per heavy atom. The first-order valence-electron chi connectivity index (χ1n) is 5.54. The highest BCUT2D eigenvalue weighted by Gasteiger charge is 2.16. The molecule has 0 radical (unpaired) electrons. The zero-order chi connectivity index (χ0) is 13.6. The SMILES string of the molecule is Cc1cc2cc(F)c(-c3cc(C(=O)O)on3)cc2[nH]1. The van der Waals surface area contributed by atoms with Crippen molar-refractivity contribution < 1.29 is 18.8 Å². The predicted molar refractivity (Wildman–Crippen MR) is 65.5 cm³/mol. The number of hydrogen-bond donors (Lipinski definition) is 2. The summed E-state index contributed by atoms with van der Waals surface area (Å²) in [6, 6.07) is 5.99. The molecule has 2 aromatic heterocycles. The number of aromatic amines is 1. The van der Waals surface area contributed by atoms with E-state index in [9.17, 15) is 9.18 Å². The number of H-pyrrole nitrogens is 1. The van der Waals surface area contributed by atoms with Crippen molar-refractivity contribution in [2.24, 2.45) is 0 Å². The minimum atomic E-state index is -1.24. The molecule has 0 amide bonds. The van der Waals surface area contributed by atoms with Gasteiger partial charge in [-0.25, -0.2) is 9.18 Å². The van der Waals surface area contributed by atoms with E-state index in [0.29, 0.717) is 0 Å². The lowest BCUT2D eigenvalue weighted by atomic mass is 10.1. The second-order valence-corrected chi connectivity index (χ2v) is 4.25. The number of carboxylic acids is 1. The van der Waals surface area contributed by atoms with Crippen LogP contribution >= 0.6 is 0 Å². The van der Waals surface area contributed by atoms with Gasteiger partial charge in [0.1, 0.15) is 11.5 Å². The zero-order valence-corrected chi connectivity index (χ0v) is 9.90. The third kappa shape index (κ3) is 1.87. The predicted octanol–water partition coefficient (Wildman–Crippen LogP) is 2.97. The lowest BCUT2D eigenvalue weighted by Gasteiger charge is -1.99. The van der Waals surface area contributed by atoms with E-state index in [1.165, 1.54) is 12.1 Å². The Labute approximate surface area is 106 Å². The van der Waals surface area contributed by atoms with Crippen LogP contribution in [0.4, 0.5) is 4.39 Å². The number of carbonyl (C=O) groups is 1. The van der Waals surface area contributed by atoms with Gasteiger partial charge in [-0.05, 0) is 25.1 Å². The van der Waals surface area contributed by atoms with Crippen LogP contribution in [0, 0.1) is 12.7 Å². The molecule has 3 aromatic rings. The number of aromatic carboxylic acids is 1. The van der Waals surface area contributed by atoms with E-state index in [1.54, 1.807) is 6.07 Å². The number of rotatable bonds is 2. The molecule has 2 heterocycles. The van der Waals surface area contributed by atoms with Crippen LogP contribution in [-0.4, -0.2) is 21.2 Å². The minimum absolute atomic E-state index is 0.157. The Hall–Kier alpha value is -2.63. The maximum absolute atomic E-state index is 14.0. The number of benzene rings is 1. The molecule has 0 saturated carbocycles. The summed E-state index contributed by atoms with van der Waals surface area (Å²) in [6.45, 7) is 1.87. The molecule has 0 aliphatic rings. The van der Waals surface area contributed by atoms with Crippen molar-refractivity contribution in [3.8, 4) is 11.3 Å². The molecular formula is C13H9FN2O3. The van der Waals surface area contributed by atoms with Gasteiger partial charge in [0.15, 0.2) is 0 Å². The first-order valence-corrected chi connectivity index (χ1v) is 5.54. The van der Waals surface area contributed by atoms with Crippen LogP contribution in [0.15, 0.2) is 28.8 Å². The summed E-state index contributed by atoms with van der Waals surface area (Å²) in [5, 5.41) is 13.1. The summed E-state index contributed by atoms with van der Waals surface area (Å²) in [5.74, 6) is -2.04. The van der Waals surface area contributed by atoms with Crippen molar-refractivity contribution >= 4 is 16.9 Å². The molecule has 6 heteroatoms. The van der Waals surface area contributed by atoms with Crippen LogP contribution < -0.4 is 0 Å². The first kappa shape index (κ1) is 11.5. The molecule has 0 saturated heterocycles. The molecule has 0 atom stereocenters. The molecule has 96 valence electrons. The highest BCUT2D eigenvalue weighted by molar-refractivity contribution is 5.88. The number of hydrogen-bond acceptors (Lipinski definition) is 3. The van der Waals surface area contributed by atoms with E-state index < -0.39 is 11.8 Å². The summed E-state index contributed by atoms with van der Waals surface area (Å²) in [4.78, 5) is 13.8. The Morgan fingerprint density at radius 3 is 2.84 bits per heavy atom. The van der Waals surface area contributed by atoms with E-state index in [2.05, 4.69) is 14.7 Å². The van der Waals surface area contributed by atoms with Gasteiger partial charge in [0.25, 0.3) is 0 Å². The Kier molecular flexibility index (Phi) is 2.38. The average Bonchev–Trinajstić information content (AvgIpc) is 2.92. The molecule has 1 aromatic carbocycles. The lowest BCUT2D eigenvalue weighted by molar-refractivity contribution is 0.0652.